The first kappa shape index (κ1) is 32.8. The van der Waals surface area contributed by atoms with Crippen LogP contribution in [-0.2, 0) is 11.3 Å². The van der Waals surface area contributed by atoms with Crippen molar-refractivity contribution in [2.75, 3.05) is 13.1 Å². The fraction of sp³-hybridized carbons (Fsp3) is 0.359. The summed E-state index contributed by atoms with van der Waals surface area (Å²) >= 11 is 1.43. The molecule has 1 saturated heterocycles. The van der Waals surface area contributed by atoms with Gasteiger partial charge in [0.15, 0.2) is 5.16 Å². The Morgan fingerprint density at radius 3 is 2.60 bits per heavy atom. The van der Waals surface area contributed by atoms with Crippen LogP contribution in [0.2, 0.25) is 0 Å². The first-order chi connectivity index (χ1) is 22.9. The molecule has 1 aliphatic heterocycles. The average Bonchev–Trinajstić information content (AvgIpc) is 3.77. The Balaban J connectivity index is 1.31. The van der Waals surface area contributed by atoms with Crippen LogP contribution in [0, 0.1) is 6.92 Å². The van der Waals surface area contributed by atoms with Gasteiger partial charge in [-0.2, -0.15) is 0 Å². The molecule has 1 fully saturated rings. The van der Waals surface area contributed by atoms with Crippen LogP contribution < -0.4 is 5.56 Å². The topological polar surface area (TPSA) is 71.6 Å². The molecule has 0 saturated carbocycles. The van der Waals surface area contributed by atoms with E-state index in [1.807, 2.05) is 54.6 Å². The van der Waals surface area contributed by atoms with Gasteiger partial charge < -0.3 is 9.32 Å². The fourth-order valence-electron chi connectivity index (χ4n) is 6.61. The van der Waals surface area contributed by atoms with Gasteiger partial charge in [-0.1, -0.05) is 92.5 Å². The van der Waals surface area contributed by atoms with Gasteiger partial charge in [-0.3, -0.25) is 19.1 Å². The van der Waals surface area contributed by atoms with Crippen LogP contribution in [0.1, 0.15) is 57.6 Å². The molecule has 1 aliphatic rings. The van der Waals surface area contributed by atoms with Crippen LogP contribution >= 0.6 is 11.8 Å². The van der Waals surface area contributed by atoms with E-state index in [-0.39, 0.29) is 22.8 Å². The van der Waals surface area contributed by atoms with E-state index in [2.05, 4.69) is 61.8 Å². The van der Waals surface area contributed by atoms with Gasteiger partial charge in [0.25, 0.3) is 5.56 Å². The molecule has 3 aromatic carbocycles. The third-order valence-electron chi connectivity index (χ3n) is 9.31. The highest BCUT2D eigenvalue weighted by Gasteiger charge is 2.38. The highest BCUT2D eigenvalue weighted by molar-refractivity contribution is 8.00. The number of nitrogens with zero attached hydrogens (tertiary/aromatic N) is 4. The predicted octanol–water partition coefficient (Wildman–Crippen LogP) is 8.12. The van der Waals surface area contributed by atoms with Crippen molar-refractivity contribution in [3.8, 4) is 16.8 Å². The molecule has 0 bridgehead atoms. The zero-order valence-electron chi connectivity index (χ0n) is 27.8. The van der Waals surface area contributed by atoms with Gasteiger partial charge in [-0.15, -0.1) is 0 Å². The zero-order chi connectivity index (χ0) is 32.9. The molecule has 7 nitrogen and oxygen atoms in total. The molecule has 2 aromatic heterocycles. The summed E-state index contributed by atoms with van der Waals surface area (Å²) in [5.74, 6) is 0.131. The van der Waals surface area contributed by atoms with E-state index in [0.29, 0.717) is 40.8 Å². The van der Waals surface area contributed by atoms with E-state index < -0.39 is 0 Å². The molecule has 3 atom stereocenters. The quantitative estimate of drug-likeness (QED) is 0.101. The standard InChI is InChI=1S/C39H44N4O3S/c1-5-7-15-36(38(45)42-25-33(22-28(42)4)41(6-2)24-29-18-16-27(3)17-19-29)47-39-40-35-14-9-8-13-34(35)37(44)43(39)32-12-10-11-30(23-32)31-20-21-46-26-31/h8-14,16-21,23,26,28,33,36H,5-7,15,22,24-25H2,1-4H3. The van der Waals surface area contributed by atoms with Gasteiger partial charge in [-0.25, -0.2) is 4.98 Å². The maximum atomic E-state index is 14.5. The first-order valence-electron chi connectivity index (χ1n) is 16.8. The monoisotopic (exact) mass is 648 g/mol. The lowest BCUT2D eigenvalue weighted by molar-refractivity contribution is -0.131. The Hall–Kier alpha value is -4.14. The summed E-state index contributed by atoms with van der Waals surface area (Å²) in [5, 5.41) is 0.719. The minimum Gasteiger partial charge on any atom is -0.472 e. The number of likely N-dealkylation sites (tertiary alicyclic amines) is 1. The number of rotatable bonds is 12. The largest absolute Gasteiger partial charge is 0.472 e. The molecule has 0 aliphatic carbocycles. The molecule has 6 rings (SSSR count). The second-order valence-corrected chi connectivity index (χ2v) is 13.8. The SMILES string of the molecule is CCCCC(Sc1nc2ccccc2c(=O)n1-c1cccc(-c2ccoc2)c1)C(=O)N1CC(N(CC)Cc2ccc(C)cc2)CC1C. The van der Waals surface area contributed by atoms with Crippen molar-refractivity contribution in [1.29, 1.82) is 0 Å². The van der Waals surface area contributed by atoms with Crippen molar-refractivity contribution < 1.29 is 9.21 Å². The van der Waals surface area contributed by atoms with E-state index in [1.54, 1.807) is 17.1 Å². The molecule has 47 heavy (non-hydrogen) atoms. The van der Waals surface area contributed by atoms with Gasteiger partial charge >= 0.3 is 0 Å². The Labute approximate surface area is 281 Å². The van der Waals surface area contributed by atoms with E-state index in [9.17, 15) is 9.59 Å². The number of aromatic nitrogens is 2. The molecule has 0 N–H and O–H groups in total. The van der Waals surface area contributed by atoms with Crippen molar-refractivity contribution in [1.82, 2.24) is 19.4 Å². The summed E-state index contributed by atoms with van der Waals surface area (Å²) in [6.07, 6.45) is 6.89. The number of para-hydroxylation sites is 1. The molecule has 1 amide bonds. The summed E-state index contributed by atoms with van der Waals surface area (Å²) in [6, 6.07) is 26.4. The molecule has 0 spiro atoms. The van der Waals surface area contributed by atoms with E-state index >= 15 is 0 Å². The van der Waals surface area contributed by atoms with Crippen LogP contribution in [0.5, 0.6) is 0 Å². The molecule has 0 radical (unpaired) electrons. The third kappa shape index (κ3) is 7.24. The first-order valence-corrected chi connectivity index (χ1v) is 17.7. The van der Waals surface area contributed by atoms with Gasteiger partial charge in [-0.05, 0) is 74.7 Å². The molecular formula is C39H44N4O3S. The van der Waals surface area contributed by atoms with Gasteiger partial charge in [0.2, 0.25) is 5.91 Å². The Morgan fingerprint density at radius 2 is 1.85 bits per heavy atom. The van der Waals surface area contributed by atoms with Crippen molar-refractivity contribution in [3.05, 3.63) is 113 Å². The number of aryl methyl sites for hydroxylation is 1. The van der Waals surface area contributed by atoms with Crippen LogP contribution in [0.3, 0.4) is 0 Å². The predicted molar refractivity (Wildman–Crippen MR) is 191 cm³/mol. The number of amides is 1. The van der Waals surface area contributed by atoms with Crippen LogP contribution in [-0.4, -0.2) is 55.7 Å². The molecule has 244 valence electrons. The number of likely N-dealkylation sites (N-methyl/N-ethyl adjacent to an activating group) is 1. The number of hydrogen-bond donors (Lipinski definition) is 0. The molecular weight excluding hydrogens is 605 g/mol. The molecule has 3 unspecified atom stereocenters. The fourth-order valence-corrected chi connectivity index (χ4v) is 7.83. The van der Waals surface area contributed by atoms with E-state index in [1.165, 1.54) is 22.9 Å². The highest BCUT2D eigenvalue weighted by atomic mass is 32.2. The van der Waals surface area contributed by atoms with E-state index in [0.717, 1.165) is 43.5 Å². The Kier molecular flexibility index (Phi) is 10.3. The number of carbonyl (C=O) groups is 1. The minimum absolute atomic E-state index is 0.127. The van der Waals surface area contributed by atoms with Crippen molar-refractivity contribution >= 4 is 28.6 Å². The number of hydrogen-bond acceptors (Lipinski definition) is 6. The number of fused-ring (bicyclic) bond motifs is 1. The van der Waals surface area contributed by atoms with E-state index in [4.69, 9.17) is 9.40 Å². The second-order valence-electron chi connectivity index (χ2n) is 12.6. The van der Waals surface area contributed by atoms with Gasteiger partial charge in [0.05, 0.1) is 34.4 Å². The smallest absolute Gasteiger partial charge is 0.266 e. The summed E-state index contributed by atoms with van der Waals surface area (Å²) in [5.41, 5.74) is 5.62. The number of thioether (sulfide) groups is 1. The second kappa shape index (κ2) is 14.7. The average molecular weight is 649 g/mol. The third-order valence-corrected chi connectivity index (χ3v) is 10.5. The summed E-state index contributed by atoms with van der Waals surface area (Å²) in [6.45, 7) is 11.1. The number of unbranched alkanes of at least 4 members (excludes halogenated alkanes) is 1. The van der Waals surface area contributed by atoms with Crippen molar-refractivity contribution in [2.45, 2.75) is 82.4 Å². The Bertz CT molecular complexity index is 1870. The van der Waals surface area contributed by atoms with Crippen LogP contribution in [0.4, 0.5) is 0 Å². The summed E-state index contributed by atoms with van der Waals surface area (Å²) in [4.78, 5) is 38.2. The molecule has 3 heterocycles. The lowest BCUT2D eigenvalue weighted by Crippen LogP contribution is -2.42. The maximum Gasteiger partial charge on any atom is 0.266 e. The highest BCUT2D eigenvalue weighted by Crippen LogP contribution is 2.33. The molecule has 8 heteroatoms. The number of carbonyl (C=O) groups excluding carboxylic acids is 1. The summed E-state index contributed by atoms with van der Waals surface area (Å²) < 4.78 is 7.01. The zero-order valence-corrected chi connectivity index (χ0v) is 28.6. The van der Waals surface area contributed by atoms with Crippen molar-refractivity contribution in [2.24, 2.45) is 0 Å². The lowest BCUT2D eigenvalue weighted by Gasteiger charge is -2.29. The summed E-state index contributed by atoms with van der Waals surface area (Å²) in [7, 11) is 0. The van der Waals surface area contributed by atoms with Crippen LogP contribution in [0.25, 0.3) is 27.7 Å². The Morgan fingerprint density at radius 1 is 1.04 bits per heavy atom. The van der Waals surface area contributed by atoms with Crippen LogP contribution in [0.15, 0.2) is 106 Å². The van der Waals surface area contributed by atoms with Gasteiger partial charge in [0.1, 0.15) is 0 Å². The number of furan rings is 1. The molecule has 5 aromatic rings. The normalized spacial score (nSPS) is 17.1. The van der Waals surface area contributed by atoms with Crippen molar-refractivity contribution in [3.63, 3.8) is 0 Å². The number of benzene rings is 3. The van der Waals surface area contributed by atoms with Gasteiger partial charge in [0, 0.05) is 30.7 Å². The lowest BCUT2D eigenvalue weighted by atomic mass is 10.1. The maximum absolute atomic E-state index is 14.5. The minimum atomic E-state index is -0.361.